The number of piperidine rings is 1. The summed E-state index contributed by atoms with van der Waals surface area (Å²) in [7, 11) is 1.80. The number of methoxy groups -OCH3 is 1. The summed E-state index contributed by atoms with van der Waals surface area (Å²) in [6.07, 6.45) is 5.52. The highest BCUT2D eigenvalue weighted by Crippen LogP contribution is 2.28. The molecule has 0 amide bonds. The first-order valence-corrected chi connectivity index (χ1v) is 6.77. The Morgan fingerprint density at radius 2 is 2.12 bits per heavy atom. The van der Waals surface area contributed by atoms with Crippen LogP contribution in [0, 0.1) is 5.92 Å². The van der Waals surface area contributed by atoms with Gasteiger partial charge in [0.05, 0.1) is 6.61 Å². The van der Waals surface area contributed by atoms with Gasteiger partial charge >= 0.3 is 0 Å². The Labute approximate surface area is 99.5 Å². The summed E-state index contributed by atoms with van der Waals surface area (Å²) in [4.78, 5) is 2.63. The molecule has 2 fully saturated rings. The fourth-order valence-electron chi connectivity index (χ4n) is 2.68. The van der Waals surface area contributed by atoms with E-state index in [9.17, 15) is 0 Å². The third-order valence-corrected chi connectivity index (χ3v) is 4.01. The van der Waals surface area contributed by atoms with E-state index in [1.807, 2.05) is 0 Å². The molecule has 0 aromatic carbocycles. The smallest absolute Gasteiger partial charge is 0.0589 e. The lowest BCUT2D eigenvalue weighted by Crippen LogP contribution is -2.49. The molecule has 0 spiro atoms. The Hall–Kier alpha value is -0.120. The van der Waals surface area contributed by atoms with Crippen LogP contribution in [0.2, 0.25) is 0 Å². The van der Waals surface area contributed by atoms with Gasteiger partial charge < -0.3 is 10.1 Å². The molecule has 16 heavy (non-hydrogen) atoms. The summed E-state index contributed by atoms with van der Waals surface area (Å²) >= 11 is 0. The van der Waals surface area contributed by atoms with Crippen molar-refractivity contribution >= 4 is 0 Å². The first-order valence-electron chi connectivity index (χ1n) is 6.77. The van der Waals surface area contributed by atoms with E-state index in [2.05, 4.69) is 17.1 Å². The minimum Gasteiger partial charge on any atom is -0.383 e. The summed E-state index contributed by atoms with van der Waals surface area (Å²) in [6.45, 7) is 6.79. The van der Waals surface area contributed by atoms with Crippen LogP contribution in [0.5, 0.6) is 0 Å². The Morgan fingerprint density at radius 1 is 1.31 bits per heavy atom. The molecule has 1 heterocycles. The van der Waals surface area contributed by atoms with Crippen LogP contribution in [0.1, 0.15) is 32.6 Å². The molecule has 2 rings (SSSR count). The Morgan fingerprint density at radius 3 is 2.75 bits per heavy atom. The predicted molar refractivity (Wildman–Crippen MR) is 66.7 cm³/mol. The lowest BCUT2D eigenvalue weighted by molar-refractivity contribution is 0.123. The lowest BCUT2D eigenvalue weighted by atomic mass is 9.92. The van der Waals surface area contributed by atoms with E-state index in [1.165, 1.54) is 38.8 Å². The molecular weight excluding hydrogens is 200 g/mol. The van der Waals surface area contributed by atoms with Crippen molar-refractivity contribution in [2.45, 2.75) is 44.7 Å². The minimum atomic E-state index is 0.700. The third kappa shape index (κ3) is 3.44. The maximum Gasteiger partial charge on any atom is 0.0589 e. The van der Waals surface area contributed by atoms with Crippen molar-refractivity contribution in [1.29, 1.82) is 0 Å². The Bertz CT molecular complexity index is 206. The van der Waals surface area contributed by atoms with Gasteiger partial charge in [0.1, 0.15) is 0 Å². The number of ether oxygens (including phenoxy) is 1. The summed E-state index contributed by atoms with van der Waals surface area (Å²) in [5.74, 6) is 0.831. The van der Waals surface area contributed by atoms with Crippen molar-refractivity contribution in [2.24, 2.45) is 5.92 Å². The maximum atomic E-state index is 5.20. The molecule has 2 atom stereocenters. The zero-order chi connectivity index (χ0) is 11.4. The highest BCUT2D eigenvalue weighted by Gasteiger charge is 2.32. The largest absolute Gasteiger partial charge is 0.383 e. The molecular formula is C13H26N2O. The van der Waals surface area contributed by atoms with Gasteiger partial charge in [0.2, 0.25) is 0 Å². The highest BCUT2D eigenvalue weighted by atomic mass is 16.5. The fraction of sp³-hybridized carbons (Fsp3) is 1.00. The van der Waals surface area contributed by atoms with E-state index < -0.39 is 0 Å². The molecule has 1 saturated heterocycles. The van der Waals surface area contributed by atoms with E-state index in [4.69, 9.17) is 4.74 Å². The molecule has 1 saturated carbocycles. The summed E-state index contributed by atoms with van der Waals surface area (Å²) in [6, 6.07) is 1.55. The van der Waals surface area contributed by atoms with Crippen molar-refractivity contribution < 1.29 is 4.74 Å². The highest BCUT2D eigenvalue weighted by molar-refractivity contribution is 4.89. The van der Waals surface area contributed by atoms with Crippen molar-refractivity contribution in [3.63, 3.8) is 0 Å². The second kappa shape index (κ2) is 5.99. The molecule has 1 aliphatic carbocycles. The van der Waals surface area contributed by atoms with E-state index in [0.29, 0.717) is 6.04 Å². The first-order chi connectivity index (χ1) is 7.81. The minimum absolute atomic E-state index is 0.700. The van der Waals surface area contributed by atoms with Gasteiger partial charge in [-0.25, -0.2) is 0 Å². The Balaban J connectivity index is 1.78. The number of rotatable bonds is 6. The summed E-state index contributed by atoms with van der Waals surface area (Å²) in [5.41, 5.74) is 0. The van der Waals surface area contributed by atoms with Crippen LogP contribution in [0.15, 0.2) is 0 Å². The maximum absolute atomic E-state index is 5.20. The molecule has 2 unspecified atom stereocenters. The van der Waals surface area contributed by atoms with E-state index in [-0.39, 0.29) is 0 Å². The molecule has 1 aliphatic heterocycles. The van der Waals surface area contributed by atoms with Crippen molar-refractivity contribution in [1.82, 2.24) is 10.2 Å². The van der Waals surface area contributed by atoms with Gasteiger partial charge in [-0.3, -0.25) is 4.90 Å². The lowest BCUT2D eigenvalue weighted by Gasteiger charge is -2.34. The Kier molecular flexibility index (Phi) is 4.62. The molecule has 94 valence electrons. The molecule has 3 heteroatoms. The van der Waals surface area contributed by atoms with Crippen LogP contribution in [-0.4, -0.2) is 50.3 Å². The van der Waals surface area contributed by atoms with Crippen molar-refractivity contribution in [3.05, 3.63) is 0 Å². The molecule has 1 N–H and O–H groups in total. The normalized spacial score (nSPS) is 30.9. The van der Waals surface area contributed by atoms with Gasteiger partial charge in [-0.05, 0) is 38.1 Å². The van der Waals surface area contributed by atoms with Crippen LogP contribution in [0.4, 0.5) is 0 Å². The average Bonchev–Trinajstić information content (AvgIpc) is 3.10. The number of nitrogens with zero attached hydrogens (tertiary/aromatic N) is 1. The van der Waals surface area contributed by atoms with Gasteiger partial charge in [0, 0.05) is 32.3 Å². The third-order valence-electron chi connectivity index (χ3n) is 4.01. The SMILES string of the molecule is COCCN(CC1NCCCC1C)C1CC1. The molecule has 0 aromatic rings. The second-order valence-electron chi connectivity index (χ2n) is 5.40. The summed E-state index contributed by atoms with van der Waals surface area (Å²) in [5, 5.41) is 3.68. The van der Waals surface area contributed by atoms with Crippen LogP contribution in [0.3, 0.4) is 0 Å². The molecule has 0 bridgehead atoms. The van der Waals surface area contributed by atoms with E-state index in [1.54, 1.807) is 7.11 Å². The van der Waals surface area contributed by atoms with Crippen LogP contribution >= 0.6 is 0 Å². The number of hydrogen-bond acceptors (Lipinski definition) is 3. The van der Waals surface area contributed by atoms with Gasteiger partial charge in [-0.2, -0.15) is 0 Å². The van der Waals surface area contributed by atoms with Gasteiger partial charge in [0.25, 0.3) is 0 Å². The molecule has 2 aliphatic rings. The monoisotopic (exact) mass is 226 g/mol. The first kappa shape index (κ1) is 12.3. The van der Waals surface area contributed by atoms with E-state index in [0.717, 1.165) is 25.1 Å². The topological polar surface area (TPSA) is 24.5 Å². The standard InChI is InChI=1S/C13H26N2O/c1-11-4-3-7-14-13(11)10-15(8-9-16-2)12-5-6-12/h11-14H,3-10H2,1-2H3. The molecule has 0 aromatic heterocycles. The van der Waals surface area contributed by atoms with E-state index >= 15 is 0 Å². The zero-order valence-corrected chi connectivity index (χ0v) is 10.7. The zero-order valence-electron chi connectivity index (χ0n) is 10.7. The average molecular weight is 226 g/mol. The van der Waals surface area contributed by atoms with Gasteiger partial charge in [-0.15, -0.1) is 0 Å². The quantitative estimate of drug-likeness (QED) is 0.742. The van der Waals surface area contributed by atoms with Gasteiger partial charge in [-0.1, -0.05) is 6.92 Å². The van der Waals surface area contributed by atoms with Crippen LogP contribution < -0.4 is 5.32 Å². The second-order valence-corrected chi connectivity index (χ2v) is 5.40. The summed E-state index contributed by atoms with van der Waals surface area (Å²) < 4.78 is 5.20. The van der Waals surface area contributed by atoms with Gasteiger partial charge in [0.15, 0.2) is 0 Å². The molecule has 0 radical (unpaired) electrons. The number of nitrogens with one attached hydrogen (secondary N) is 1. The van der Waals surface area contributed by atoms with Crippen LogP contribution in [0.25, 0.3) is 0 Å². The predicted octanol–water partition coefficient (Wildman–Crippen LogP) is 1.49. The number of hydrogen-bond donors (Lipinski definition) is 1. The molecule has 3 nitrogen and oxygen atoms in total. The fourth-order valence-corrected chi connectivity index (χ4v) is 2.68. The van der Waals surface area contributed by atoms with Crippen molar-refractivity contribution in [3.8, 4) is 0 Å². The van der Waals surface area contributed by atoms with Crippen LogP contribution in [-0.2, 0) is 4.74 Å². The van der Waals surface area contributed by atoms with Crippen molar-refractivity contribution in [2.75, 3.05) is 33.4 Å².